The van der Waals surface area contributed by atoms with Crippen LogP contribution in [0.2, 0.25) is 0 Å². The predicted octanol–water partition coefficient (Wildman–Crippen LogP) is 1.52. The number of aryl methyl sites for hydroxylation is 2. The van der Waals surface area contributed by atoms with Gasteiger partial charge in [-0.05, 0) is 18.9 Å². The van der Waals surface area contributed by atoms with Crippen molar-refractivity contribution < 1.29 is 19.4 Å². The molecule has 0 saturated carbocycles. The van der Waals surface area contributed by atoms with Gasteiger partial charge in [-0.25, -0.2) is 14.8 Å². The van der Waals surface area contributed by atoms with Gasteiger partial charge in [0.15, 0.2) is 17.8 Å². The zero-order valence-corrected chi connectivity index (χ0v) is 17.5. The van der Waals surface area contributed by atoms with Gasteiger partial charge in [0.1, 0.15) is 11.3 Å². The molecule has 0 amide bonds. The van der Waals surface area contributed by atoms with Crippen LogP contribution >= 0.6 is 0 Å². The van der Waals surface area contributed by atoms with E-state index in [4.69, 9.17) is 9.84 Å². The second kappa shape index (κ2) is 9.37. The summed E-state index contributed by atoms with van der Waals surface area (Å²) in [5, 5.41) is 16.1. The van der Waals surface area contributed by atoms with Crippen molar-refractivity contribution in [1.82, 2.24) is 24.7 Å². The molecule has 0 aliphatic heterocycles. The van der Waals surface area contributed by atoms with Gasteiger partial charge in [0.25, 0.3) is 5.56 Å². The lowest BCUT2D eigenvalue weighted by Crippen LogP contribution is -2.30. The molecule has 11 heteroatoms. The van der Waals surface area contributed by atoms with E-state index in [1.165, 1.54) is 16.9 Å². The van der Waals surface area contributed by atoms with E-state index in [2.05, 4.69) is 25.4 Å². The molecule has 0 bridgehead atoms. The average molecular weight is 428 g/mol. The number of hydrogen-bond donors (Lipinski definition) is 3. The van der Waals surface area contributed by atoms with Crippen molar-refractivity contribution in [1.29, 1.82) is 0 Å². The summed E-state index contributed by atoms with van der Waals surface area (Å²) in [6.07, 6.45) is 3.87. The lowest BCUT2D eigenvalue weighted by Gasteiger charge is -2.14. The molecule has 0 aliphatic carbocycles. The van der Waals surface area contributed by atoms with Crippen LogP contribution < -0.4 is 15.6 Å². The van der Waals surface area contributed by atoms with Gasteiger partial charge in [-0.1, -0.05) is 20.3 Å². The van der Waals surface area contributed by atoms with Crippen LogP contribution in [0.25, 0.3) is 22.4 Å². The highest BCUT2D eigenvalue weighted by molar-refractivity contribution is 5.94. The molecule has 11 nitrogen and oxygen atoms in total. The molecule has 3 N–H and O–H groups in total. The summed E-state index contributed by atoms with van der Waals surface area (Å²) < 4.78 is 7.20. The van der Waals surface area contributed by atoms with Crippen LogP contribution in [0.3, 0.4) is 0 Å². The summed E-state index contributed by atoms with van der Waals surface area (Å²) in [7, 11) is 1.69. The Morgan fingerprint density at radius 1 is 1.39 bits per heavy atom. The molecule has 1 atom stereocenters. The normalized spacial score (nSPS) is 12.0. The van der Waals surface area contributed by atoms with Crippen LogP contribution in [0, 0.1) is 0 Å². The van der Waals surface area contributed by atoms with Gasteiger partial charge in [0.2, 0.25) is 5.88 Å². The Morgan fingerprint density at radius 3 is 2.81 bits per heavy atom. The van der Waals surface area contributed by atoms with Crippen LogP contribution in [0.4, 0.5) is 5.69 Å². The van der Waals surface area contributed by atoms with Crippen LogP contribution in [0.5, 0.6) is 5.88 Å². The van der Waals surface area contributed by atoms with Crippen molar-refractivity contribution in [2.75, 3.05) is 11.9 Å². The summed E-state index contributed by atoms with van der Waals surface area (Å²) in [6.45, 7) is 4.34. The number of H-pyrrole nitrogens is 1. The topological polar surface area (TPSA) is 152 Å². The molecule has 0 spiro atoms. The third kappa shape index (κ3) is 4.55. The van der Waals surface area contributed by atoms with Gasteiger partial charge in [0, 0.05) is 7.05 Å². The smallest absolute Gasteiger partial charge is 0.333 e. The standard InChI is InChI=1S/C20H24N6O5/c1-4-6-13-15-16(26(3)25-13)18(28)24-17(23-15)12-8-11(22-14(10-27)20(29)30)9-21-19(12)31-7-5-2/h8-10,14,22H,4-7H2,1-3H3,(H,29,30)(H,23,24,28)/t14-/m0/s1. The van der Waals surface area contributed by atoms with Crippen molar-refractivity contribution in [3.8, 4) is 17.3 Å². The number of carboxylic acids is 1. The number of nitrogens with zero attached hydrogens (tertiary/aromatic N) is 4. The first kappa shape index (κ1) is 21.9. The SMILES string of the molecule is CCCOc1ncc(N[C@@H](C=O)C(=O)O)cc1-c1nc2c(CCC)nn(C)c2c(=O)[nH]1. The first-order valence-electron chi connectivity index (χ1n) is 9.93. The van der Waals surface area contributed by atoms with E-state index < -0.39 is 12.0 Å². The summed E-state index contributed by atoms with van der Waals surface area (Å²) in [6, 6.07) is 0.0956. The molecule has 3 aromatic heterocycles. The van der Waals surface area contributed by atoms with E-state index in [1.807, 2.05) is 13.8 Å². The molecule has 0 fully saturated rings. The molecule has 0 saturated heterocycles. The third-order valence-electron chi connectivity index (χ3n) is 4.52. The number of aldehydes is 1. The average Bonchev–Trinajstić information content (AvgIpc) is 3.06. The Bertz CT molecular complexity index is 1170. The molecule has 31 heavy (non-hydrogen) atoms. The number of aliphatic carboxylic acids is 1. The molecule has 0 unspecified atom stereocenters. The van der Waals surface area contributed by atoms with E-state index in [-0.39, 0.29) is 29.2 Å². The number of aromatic amines is 1. The number of carbonyl (C=O) groups is 2. The van der Waals surface area contributed by atoms with E-state index in [0.717, 1.165) is 12.8 Å². The van der Waals surface area contributed by atoms with E-state index in [1.54, 1.807) is 7.05 Å². The fourth-order valence-corrected chi connectivity index (χ4v) is 3.13. The maximum atomic E-state index is 12.8. The minimum absolute atomic E-state index is 0.211. The van der Waals surface area contributed by atoms with Crippen LogP contribution in [-0.2, 0) is 23.1 Å². The number of fused-ring (bicyclic) bond motifs is 1. The lowest BCUT2D eigenvalue weighted by atomic mass is 10.2. The Labute approximate surface area is 177 Å². The van der Waals surface area contributed by atoms with Crippen LogP contribution in [-0.4, -0.2) is 54.7 Å². The summed E-state index contributed by atoms with van der Waals surface area (Å²) in [4.78, 5) is 46.6. The molecule has 0 aliphatic rings. The number of aromatic nitrogens is 5. The molecular formula is C20H24N6O5. The lowest BCUT2D eigenvalue weighted by molar-refractivity contribution is -0.139. The maximum absolute atomic E-state index is 12.8. The quantitative estimate of drug-likeness (QED) is 0.322. The number of carbonyl (C=O) groups excluding carboxylic acids is 1. The van der Waals surface area contributed by atoms with E-state index in [0.29, 0.717) is 35.3 Å². The molecule has 0 aromatic carbocycles. The van der Waals surface area contributed by atoms with Gasteiger partial charge in [-0.15, -0.1) is 0 Å². The van der Waals surface area contributed by atoms with Gasteiger partial charge in [-0.3, -0.25) is 9.48 Å². The molecule has 164 valence electrons. The largest absolute Gasteiger partial charge is 0.479 e. The number of hydrogen-bond acceptors (Lipinski definition) is 8. The Hall–Kier alpha value is -3.76. The van der Waals surface area contributed by atoms with Gasteiger partial charge < -0.3 is 24.9 Å². The van der Waals surface area contributed by atoms with Gasteiger partial charge >= 0.3 is 5.97 Å². The molecule has 3 rings (SSSR count). The highest BCUT2D eigenvalue weighted by atomic mass is 16.5. The maximum Gasteiger partial charge on any atom is 0.333 e. The van der Waals surface area contributed by atoms with Crippen molar-refractivity contribution in [2.24, 2.45) is 7.05 Å². The molecule has 3 heterocycles. The highest BCUT2D eigenvalue weighted by Gasteiger charge is 2.20. The first-order valence-corrected chi connectivity index (χ1v) is 9.93. The first-order chi connectivity index (χ1) is 14.9. The number of rotatable bonds is 10. The summed E-state index contributed by atoms with van der Waals surface area (Å²) in [5.74, 6) is -0.882. The molecular weight excluding hydrogens is 404 g/mol. The monoisotopic (exact) mass is 428 g/mol. The number of pyridine rings is 1. The number of ether oxygens (including phenoxy) is 1. The third-order valence-corrected chi connectivity index (χ3v) is 4.52. The van der Waals surface area contributed by atoms with Crippen molar-refractivity contribution in [3.05, 3.63) is 28.3 Å². The van der Waals surface area contributed by atoms with Crippen LogP contribution in [0.1, 0.15) is 32.4 Å². The van der Waals surface area contributed by atoms with E-state index >= 15 is 0 Å². The molecule has 3 aromatic rings. The fraction of sp³-hybridized carbons (Fsp3) is 0.400. The number of nitrogens with one attached hydrogen (secondary N) is 2. The fourth-order valence-electron chi connectivity index (χ4n) is 3.13. The Kier molecular flexibility index (Phi) is 6.63. The molecule has 0 radical (unpaired) electrons. The van der Waals surface area contributed by atoms with Crippen LogP contribution in [0.15, 0.2) is 17.1 Å². The van der Waals surface area contributed by atoms with Crippen molar-refractivity contribution >= 4 is 29.0 Å². The zero-order chi connectivity index (χ0) is 22.5. The highest BCUT2D eigenvalue weighted by Crippen LogP contribution is 2.29. The number of anilines is 1. The predicted molar refractivity (Wildman–Crippen MR) is 113 cm³/mol. The second-order valence-corrected chi connectivity index (χ2v) is 6.95. The summed E-state index contributed by atoms with van der Waals surface area (Å²) in [5.41, 5.74) is 1.81. The summed E-state index contributed by atoms with van der Waals surface area (Å²) >= 11 is 0. The van der Waals surface area contributed by atoms with Crippen molar-refractivity contribution in [2.45, 2.75) is 39.2 Å². The minimum atomic E-state index is -1.44. The van der Waals surface area contributed by atoms with E-state index in [9.17, 15) is 14.4 Å². The minimum Gasteiger partial charge on any atom is -0.479 e. The van der Waals surface area contributed by atoms with Crippen molar-refractivity contribution in [3.63, 3.8) is 0 Å². The second-order valence-electron chi connectivity index (χ2n) is 6.95. The van der Waals surface area contributed by atoms with Gasteiger partial charge in [-0.2, -0.15) is 5.10 Å². The van der Waals surface area contributed by atoms with Gasteiger partial charge in [0.05, 0.1) is 29.7 Å². The Morgan fingerprint density at radius 2 is 2.16 bits per heavy atom. The zero-order valence-electron chi connectivity index (χ0n) is 17.5. The Balaban J connectivity index is 2.16. The number of carboxylic acid groups (broad SMARTS) is 1.